The van der Waals surface area contributed by atoms with E-state index in [0.29, 0.717) is 11.7 Å². The third-order valence-electron chi connectivity index (χ3n) is 3.49. The summed E-state index contributed by atoms with van der Waals surface area (Å²) in [5.74, 6) is 1.13. The fraction of sp³-hybridized carbons (Fsp3) is 0.500. The quantitative estimate of drug-likeness (QED) is 0.733. The summed E-state index contributed by atoms with van der Waals surface area (Å²) in [6.45, 7) is 4.39. The van der Waals surface area contributed by atoms with Crippen LogP contribution in [-0.4, -0.2) is 5.78 Å². The summed E-state index contributed by atoms with van der Waals surface area (Å²) in [6.07, 6.45) is 3.28. The molecule has 0 bridgehead atoms. The standard InChI is InChI=1S/C14H18O/c1-3-6-10(2)13-9-11-7-4-5-8-12(11)14(13)15/h4-5,7-8,10,13H,3,6,9H2,1-2H3. The normalized spacial score (nSPS) is 21.5. The lowest BCUT2D eigenvalue weighted by Gasteiger charge is -2.16. The first kappa shape index (κ1) is 10.4. The van der Waals surface area contributed by atoms with Gasteiger partial charge in [0, 0.05) is 11.5 Å². The topological polar surface area (TPSA) is 17.1 Å². The van der Waals surface area contributed by atoms with Gasteiger partial charge in [-0.25, -0.2) is 0 Å². The van der Waals surface area contributed by atoms with Crippen molar-refractivity contribution in [2.75, 3.05) is 0 Å². The Morgan fingerprint density at radius 3 is 2.80 bits per heavy atom. The van der Waals surface area contributed by atoms with E-state index in [1.807, 2.05) is 18.2 Å². The minimum atomic E-state index is 0.238. The van der Waals surface area contributed by atoms with Gasteiger partial charge in [0.15, 0.2) is 5.78 Å². The molecule has 15 heavy (non-hydrogen) atoms. The average molecular weight is 202 g/mol. The molecular weight excluding hydrogens is 184 g/mol. The number of hydrogen-bond donors (Lipinski definition) is 0. The van der Waals surface area contributed by atoms with E-state index in [-0.39, 0.29) is 5.92 Å². The van der Waals surface area contributed by atoms with Crippen molar-refractivity contribution in [2.45, 2.75) is 33.1 Å². The van der Waals surface area contributed by atoms with E-state index in [9.17, 15) is 4.79 Å². The zero-order valence-corrected chi connectivity index (χ0v) is 9.49. The zero-order valence-electron chi connectivity index (χ0n) is 9.49. The van der Waals surface area contributed by atoms with Gasteiger partial charge in [-0.05, 0) is 17.9 Å². The Labute approximate surface area is 91.5 Å². The first-order valence-corrected chi connectivity index (χ1v) is 5.86. The Balaban J connectivity index is 2.20. The number of carbonyl (C=O) groups is 1. The van der Waals surface area contributed by atoms with Crippen molar-refractivity contribution in [3.8, 4) is 0 Å². The fourth-order valence-electron chi connectivity index (χ4n) is 2.58. The van der Waals surface area contributed by atoms with E-state index in [4.69, 9.17) is 0 Å². The van der Waals surface area contributed by atoms with E-state index in [0.717, 1.165) is 18.4 Å². The van der Waals surface area contributed by atoms with Crippen molar-refractivity contribution in [3.05, 3.63) is 35.4 Å². The Hall–Kier alpha value is -1.11. The van der Waals surface area contributed by atoms with Gasteiger partial charge in [-0.2, -0.15) is 0 Å². The van der Waals surface area contributed by atoms with Crippen LogP contribution >= 0.6 is 0 Å². The molecule has 80 valence electrons. The summed E-state index contributed by atoms with van der Waals surface area (Å²) >= 11 is 0. The van der Waals surface area contributed by atoms with Crippen LogP contribution in [0.3, 0.4) is 0 Å². The molecule has 0 saturated heterocycles. The van der Waals surface area contributed by atoms with Crippen molar-refractivity contribution in [1.82, 2.24) is 0 Å². The number of rotatable bonds is 3. The molecule has 1 aromatic carbocycles. The van der Waals surface area contributed by atoms with Crippen LogP contribution in [0.2, 0.25) is 0 Å². The molecule has 1 heteroatoms. The summed E-state index contributed by atoms with van der Waals surface area (Å²) in [5.41, 5.74) is 2.21. The average Bonchev–Trinajstić information content (AvgIpc) is 2.57. The van der Waals surface area contributed by atoms with E-state index in [1.165, 1.54) is 12.0 Å². The monoisotopic (exact) mass is 202 g/mol. The van der Waals surface area contributed by atoms with E-state index < -0.39 is 0 Å². The van der Waals surface area contributed by atoms with Gasteiger partial charge in [-0.1, -0.05) is 51.0 Å². The van der Waals surface area contributed by atoms with E-state index in [2.05, 4.69) is 19.9 Å². The Kier molecular flexibility index (Phi) is 2.90. The third kappa shape index (κ3) is 1.83. The molecule has 1 aliphatic carbocycles. The zero-order chi connectivity index (χ0) is 10.8. The molecule has 0 fully saturated rings. The molecule has 2 atom stereocenters. The van der Waals surface area contributed by atoms with Gasteiger partial charge in [-0.15, -0.1) is 0 Å². The second kappa shape index (κ2) is 4.18. The Bertz CT molecular complexity index is 367. The highest BCUT2D eigenvalue weighted by Crippen LogP contribution is 2.33. The summed E-state index contributed by atoms with van der Waals surface area (Å²) < 4.78 is 0. The lowest BCUT2D eigenvalue weighted by molar-refractivity contribution is 0.0895. The molecule has 2 rings (SSSR count). The van der Waals surface area contributed by atoms with Crippen LogP contribution < -0.4 is 0 Å². The van der Waals surface area contributed by atoms with Gasteiger partial charge in [-0.3, -0.25) is 4.79 Å². The Morgan fingerprint density at radius 1 is 1.40 bits per heavy atom. The van der Waals surface area contributed by atoms with Crippen molar-refractivity contribution in [2.24, 2.45) is 11.8 Å². The van der Waals surface area contributed by atoms with Crippen molar-refractivity contribution >= 4 is 5.78 Å². The van der Waals surface area contributed by atoms with Crippen LogP contribution in [0.5, 0.6) is 0 Å². The van der Waals surface area contributed by atoms with Crippen molar-refractivity contribution in [1.29, 1.82) is 0 Å². The van der Waals surface area contributed by atoms with Crippen molar-refractivity contribution < 1.29 is 4.79 Å². The van der Waals surface area contributed by atoms with Gasteiger partial charge < -0.3 is 0 Å². The van der Waals surface area contributed by atoms with Crippen LogP contribution in [-0.2, 0) is 6.42 Å². The summed E-state index contributed by atoms with van der Waals surface area (Å²) in [6, 6.07) is 8.05. The summed E-state index contributed by atoms with van der Waals surface area (Å²) in [5, 5.41) is 0. The lowest BCUT2D eigenvalue weighted by Crippen LogP contribution is -2.18. The third-order valence-corrected chi connectivity index (χ3v) is 3.49. The SMILES string of the molecule is CCCC(C)C1Cc2ccccc2C1=O. The minimum Gasteiger partial charge on any atom is -0.294 e. The van der Waals surface area contributed by atoms with Crippen molar-refractivity contribution in [3.63, 3.8) is 0 Å². The number of benzene rings is 1. The van der Waals surface area contributed by atoms with E-state index >= 15 is 0 Å². The maximum Gasteiger partial charge on any atom is 0.166 e. The van der Waals surface area contributed by atoms with Gasteiger partial charge in [0.05, 0.1) is 0 Å². The number of hydrogen-bond acceptors (Lipinski definition) is 1. The van der Waals surface area contributed by atoms with Crippen LogP contribution in [0.15, 0.2) is 24.3 Å². The second-order valence-corrected chi connectivity index (χ2v) is 4.60. The number of ketones is 1. The minimum absolute atomic E-state index is 0.238. The molecule has 1 aromatic rings. The number of carbonyl (C=O) groups excluding carboxylic acids is 1. The Morgan fingerprint density at radius 2 is 2.13 bits per heavy atom. The molecule has 1 aliphatic rings. The lowest BCUT2D eigenvalue weighted by atomic mass is 9.87. The van der Waals surface area contributed by atoms with Crippen LogP contribution in [0.25, 0.3) is 0 Å². The fourth-order valence-corrected chi connectivity index (χ4v) is 2.58. The summed E-state index contributed by atoms with van der Waals surface area (Å²) in [7, 11) is 0. The molecular formula is C14H18O. The van der Waals surface area contributed by atoms with Gasteiger partial charge in [0.25, 0.3) is 0 Å². The molecule has 0 heterocycles. The maximum atomic E-state index is 12.1. The molecule has 0 amide bonds. The van der Waals surface area contributed by atoms with Crippen LogP contribution in [0.1, 0.15) is 42.6 Å². The highest BCUT2D eigenvalue weighted by Gasteiger charge is 2.33. The molecule has 0 aromatic heterocycles. The first-order chi connectivity index (χ1) is 7.24. The molecule has 0 spiro atoms. The smallest absolute Gasteiger partial charge is 0.166 e. The van der Waals surface area contributed by atoms with Gasteiger partial charge in [0.2, 0.25) is 0 Å². The molecule has 0 radical (unpaired) electrons. The highest BCUT2D eigenvalue weighted by molar-refractivity contribution is 6.02. The second-order valence-electron chi connectivity index (χ2n) is 4.60. The predicted octanol–water partition coefficient (Wildman–Crippen LogP) is 3.48. The van der Waals surface area contributed by atoms with Crippen LogP contribution in [0.4, 0.5) is 0 Å². The molecule has 0 N–H and O–H groups in total. The maximum absolute atomic E-state index is 12.1. The largest absolute Gasteiger partial charge is 0.294 e. The van der Waals surface area contributed by atoms with Gasteiger partial charge >= 0.3 is 0 Å². The number of fused-ring (bicyclic) bond motifs is 1. The number of Topliss-reactive ketones (excluding diaryl/α,β-unsaturated/α-hetero) is 1. The highest BCUT2D eigenvalue weighted by atomic mass is 16.1. The predicted molar refractivity (Wildman–Crippen MR) is 62.0 cm³/mol. The van der Waals surface area contributed by atoms with E-state index in [1.54, 1.807) is 0 Å². The molecule has 0 saturated carbocycles. The van der Waals surface area contributed by atoms with Gasteiger partial charge in [0.1, 0.15) is 0 Å². The molecule has 1 nitrogen and oxygen atoms in total. The first-order valence-electron chi connectivity index (χ1n) is 5.86. The summed E-state index contributed by atoms with van der Waals surface area (Å²) in [4.78, 5) is 12.1. The molecule has 0 aliphatic heterocycles. The van der Waals surface area contributed by atoms with Crippen LogP contribution in [0, 0.1) is 11.8 Å². The molecule has 2 unspecified atom stereocenters.